The molecule has 7 nitrogen and oxygen atoms in total. The molecule has 0 saturated heterocycles. The number of benzene rings is 3. The summed E-state index contributed by atoms with van der Waals surface area (Å²) in [5.41, 5.74) is 8.13. The highest BCUT2D eigenvalue weighted by atomic mass is 32.2. The number of carbonyl (C=O) groups excluding carboxylic acids is 2. The lowest BCUT2D eigenvalue weighted by molar-refractivity contribution is 0.0949. The first-order valence-electron chi connectivity index (χ1n) is 11.7. The average molecular weight is 549 g/mol. The van der Waals surface area contributed by atoms with Gasteiger partial charge in [-0.05, 0) is 55.4 Å². The summed E-state index contributed by atoms with van der Waals surface area (Å²) in [6.07, 6.45) is 2.47. The van der Waals surface area contributed by atoms with Crippen molar-refractivity contribution in [1.29, 1.82) is 0 Å². The van der Waals surface area contributed by atoms with Gasteiger partial charge >= 0.3 is 0 Å². The van der Waals surface area contributed by atoms with Gasteiger partial charge in [0.1, 0.15) is 5.01 Å². The van der Waals surface area contributed by atoms with Crippen LogP contribution >= 0.6 is 23.1 Å². The number of hydrogen-bond acceptors (Lipinski definition) is 7. The highest BCUT2D eigenvalue weighted by Gasteiger charge is 2.20. The number of rotatable bonds is 8. The number of amides is 2. The molecule has 0 saturated carbocycles. The molecule has 0 radical (unpaired) electrons. The van der Waals surface area contributed by atoms with E-state index < -0.39 is 10.8 Å². The Balaban J connectivity index is 1.22. The fourth-order valence-corrected chi connectivity index (χ4v) is 6.75. The molecular weight excluding hydrogens is 525 g/mol. The normalized spacial score (nSPS) is 13.2. The lowest BCUT2D eigenvalue weighted by atomic mass is 10.1. The van der Waals surface area contributed by atoms with Crippen LogP contribution in [0.3, 0.4) is 0 Å². The SMILES string of the molecule is NCCCS(=O)c1ccc(-c2ncc(CNC(=O)c3ccc4c(c3)NC(=O)c3ccccc3S4)s2)cc1. The van der Waals surface area contributed by atoms with Crippen molar-refractivity contribution in [3.63, 3.8) is 0 Å². The van der Waals surface area contributed by atoms with Crippen molar-refractivity contribution in [2.75, 3.05) is 17.6 Å². The Labute approximate surface area is 225 Å². The molecular formula is C27H24N4O3S3. The standard InChI is InChI=1S/C27H24N4O3S3/c28-12-3-13-37(34)20-9-6-17(7-10-20)27-30-16-19(35-27)15-29-25(32)18-8-11-24-22(14-18)31-26(33)21-4-1-2-5-23(21)36-24/h1-2,4-11,14,16H,3,12-13,15,28H2,(H,29,32)(H,31,33). The highest BCUT2D eigenvalue weighted by molar-refractivity contribution is 7.99. The summed E-state index contributed by atoms with van der Waals surface area (Å²) in [4.78, 5) is 33.4. The third-order valence-corrected chi connectivity index (χ3v) is 9.37. The van der Waals surface area contributed by atoms with Crippen molar-refractivity contribution in [1.82, 2.24) is 10.3 Å². The number of anilines is 1. The van der Waals surface area contributed by atoms with E-state index in [2.05, 4.69) is 15.6 Å². The van der Waals surface area contributed by atoms with Gasteiger partial charge in [0, 0.05) is 42.6 Å². The summed E-state index contributed by atoms with van der Waals surface area (Å²) in [6, 6.07) is 20.3. The number of carbonyl (C=O) groups is 2. The first kappa shape index (κ1) is 25.3. The van der Waals surface area contributed by atoms with Gasteiger partial charge in [-0.25, -0.2) is 4.98 Å². The van der Waals surface area contributed by atoms with Gasteiger partial charge < -0.3 is 16.4 Å². The van der Waals surface area contributed by atoms with Crippen LogP contribution in [0.1, 0.15) is 32.0 Å². The van der Waals surface area contributed by atoms with Crippen LogP contribution in [0.4, 0.5) is 5.69 Å². The Bertz CT molecular complexity index is 1480. The molecule has 1 aromatic heterocycles. The summed E-state index contributed by atoms with van der Waals surface area (Å²) < 4.78 is 12.3. The molecule has 1 unspecified atom stereocenters. The van der Waals surface area contributed by atoms with Gasteiger partial charge in [-0.2, -0.15) is 0 Å². The molecule has 3 aromatic carbocycles. The largest absolute Gasteiger partial charge is 0.347 e. The molecule has 5 rings (SSSR count). The first-order chi connectivity index (χ1) is 18.0. The molecule has 1 atom stereocenters. The van der Waals surface area contributed by atoms with E-state index in [0.29, 0.717) is 35.7 Å². The molecule has 2 amide bonds. The second-order valence-corrected chi connectivity index (χ2v) is 12.1. The Morgan fingerprint density at radius 2 is 1.86 bits per heavy atom. The predicted molar refractivity (Wildman–Crippen MR) is 149 cm³/mol. The van der Waals surface area contributed by atoms with Crippen molar-refractivity contribution < 1.29 is 13.8 Å². The van der Waals surface area contributed by atoms with Gasteiger partial charge in [-0.3, -0.25) is 13.8 Å². The van der Waals surface area contributed by atoms with E-state index in [4.69, 9.17) is 5.73 Å². The van der Waals surface area contributed by atoms with Crippen molar-refractivity contribution in [3.8, 4) is 10.6 Å². The summed E-state index contributed by atoms with van der Waals surface area (Å²) in [7, 11) is -1.05. The van der Waals surface area contributed by atoms with E-state index in [9.17, 15) is 13.8 Å². The molecule has 4 aromatic rings. The monoisotopic (exact) mass is 548 g/mol. The number of thiazole rings is 1. The highest BCUT2D eigenvalue weighted by Crippen LogP contribution is 2.39. The molecule has 2 heterocycles. The molecule has 0 bridgehead atoms. The lowest BCUT2D eigenvalue weighted by Crippen LogP contribution is -2.22. The minimum atomic E-state index is -1.05. The molecule has 1 aliphatic heterocycles. The molecule has 10 heteroatoms. The fourth-order valence-electron chi connectivity index (χ4n) is 3.78. The van der Waals surface area contributed by atoms with Crippen LogP contribution in [0.2, 0.25) is 0 Å². The van der Waals surface area contributed by atoms with Crippen LogP contribution in [0.25, 0.3) is 10.6 Å². The van der Waals surface area contributed by atoms with E-state index in [-0.39, 0.29) is 11.8 Å². The van der Waals surface area contributed by atoms with E-state index in [1.54, 1.807) is 24.4 Å². The number of hydrogen-bond donors (Lipinski definition) is 3. The zero-order valence-corrected chi connectivity index (χ0v) is 22.2. The minimum absolute atomic E-state index is 0.188. The molecule has 0 spiro atoms. The van der Waals surface area contributed by atoms with E-state index in [1.165, 1.54) is 23.1 Å². The number of nitrogens with zero attached hydrogens (tertiary/aromatic N) is 1. The zero-order valence-electron chi connectivity index (χ0n) is 19.7. The van der Waals surface area contributed by atoms with Crippen LogP contribution in [-0.2, 0) is 17.3 Å². The van der Waals surface area contributed by atoms with Crippen LogP contribution in [-0.4, -0.2) is 33.3 Å². The van der Waals surface area contributed by atoms with Gasteiger partial charge in [-0.1, -0.05) is 36.0 Å². The van der Waals surface area contributed by atoms with Crippen LogP contribution in [0.5, 0.6) is 0 Å². The number of nitrogens with one attached hydrogen (secondary N) is 2. The minimum Gasteiger partial charge on any atom is -0.347 e. The number of fused-ring (bicyclic) bond motifs is 2. The maximum Gasteiger partial charge on any atom is 0.256 e. The summed E-state index contributed by atoms with van der Waals surface area (Å²) in [5, 5.41) is 6.68. The van der Waals surface area contributed by atoms with Crippen molar-refractivity contribution in [2.24, 2.45) is 5.73 Å². The van der Waals surface area contributed by atoms with Gasteiger partial charge in [0.05, 0.1) is 28.6 Å². The van der Waals surface area contributed by atoms with Gasteiger partial charge in [0.15, 0.2) is 0 Å². The predicted octanol–water partition coefficient (Wildman–Crippen LogP) is 4.91. The van der Waals surface area contributed by atoms with Crippen LogP contribution in [0.15, 0.2) is 87.6 Å². The molecule has 0 aliphatic carbocycles. The molecule has 1 aliphatic rings. The van der Waals surface area contributed by atoms with Gasteiger partial charge in [0.25, 0.3) is 11.8 Å². The molecule has 37 heavy (non-hydrogen) atoms. The van der Waals surface area contributed by atoms with Crippen LogP contribution < -0.4 is 16.4 Å². The van der Waals surface area contributed by atoms with E-state index >= 15 is 0 Å². The topological polar surface area (TPSA) is 114 Å². The van der Waals surface area contributed by atoms with E-state index in [0.717, 1.165) is 36.6 Å². The summed E-state index contributed by atoms with van der Waals surface area (Å²) in [6.45, 7) is 0.862. The first-order valence-corrected chi connectivity index (χ1v) is 14.6. The smallest absolute Gasteiger partial charge is 0.256 e. The van der Waals surface area contributed by atoms with Crippen molar-refractivity contribution in [3.05, 3.63) is 88.9 Å². The third kappa shape index (κ3) is 5.83. The second-order valence-electron chi connectivity index (χ2n) is 8.29. The van der Waals surface area contributed by atoms with Gasteiger partial charge in [0.2, 0.25) is 0 Å². The molecule has 188 valence electrons. The lowest BCUT2D eigenvalue weighted by Gasteiger charge is -2.09. The Hall–Kier alpha value is -3.31. The summed E-state index contributed by atoms with van der Waals surface area (Å²) in [5.74, 6) is 0.134. The molecule has 4 N–H and O–H groups in total. The fraction of sp³-hybridized carbons (Fsp3) is 0.148. The van der Waals surface area contributed by atoms with Gasteiger partial charge in [-0.15, -0.1) is 11.3 Å². The number of nitrogens with two attached hydrogens (primary N) is 1. The van der Waals surface area contributed by atoms with Crippen molar-refractivity contribution >= 4 is 51.4 Å². The Morgan fingerprint density at radius 1 is 1.05 bits per heavy atom. The van der Waals surface area contributed by atoms with E-state index in [1.807, 2.05) is 48.5 Å². The number of aromatic nitrogens is 1. The Morgan fingerprint density at radius 3 is 2.68 bits per heavy atom. The molecule has 0 fully saturated rings. The maximum absolute atomic E-state index is 12.9. The maximum atomic E-state index is 12.9. The average Bonchev–Trinajstić information content (AvgIpc) is 3.35. The quantitative estimate of drug-likeness (QED) is 0.288. The second kappa shape index (κ2) is 11.4. The van der Waals surface area contributed by atoms with Crippen LogP contribution in [0, 0.1) is 0 Å². The summed E-state index contributed by atoms with van der Waals surface area (Å²) >= 11 is 2.99. The van der Waals surface area contributed by atoms with Crippen molar-refractivity contribution in [2.45, 2.75) is 27.7 Å². The Kier molecular flexibility index (Phi) is 7.80. The third-order valence-electron chi connectivity index (χ3n) is 5.72. The zero-order chi connectivity index (χ0) is 25.8.